The highest BCUT2D eigenvalue weighted by atomic mass is 32.1. The number of carboxylic acids is 1. The summed E-state index contributed by atoms with van der Waals surface area (Å²) >= 11 is 1.76. The molecule has 2 heterocycles. The fourth-order valence-electron chi connectivity index (χ4n) is 3.93. The third-order valence-corrected chi connectivity index (χ3v) is 6.52. The zero-order valence-electron chi connectivity index (χ0n) is 16.5. The molecule has 0 saturated carbocycles. The minimum atomic E-state index is -0.675. The minimum Gasteiger partial charge on any atom is -0.481 e. The van der Waals surface area contributed by atoms with Gasteiger partial charge in [0.05, 0.1) is 12.0 Å². The van der Waals surface area contributed by atoms with Crippen LogP contribution in [0.2, 0.25) is 0 Å². The highest BCUT2D eigenvalue weighted by Gasteiger charge is 2.31. The fourth-order valence-corrected chi connectivity index (χ4v) is 4.99. The number of aliphatic carboxylic acids is 1. The number of hydrogen-bond acceptors (Lipinski definition) is 4. The van der Waals surface area contributed by atoms with Gasteiger partial charge in [-0.15, -0.1) is 11.3 Å². The van der Waals surface area contributed by atoms with Gasteiger partial charge in [0.25, 0.3) is 0 Å². The molecule has 2 aromatic carbocycles. The molecular formula is C24H25NO3S. The average molecular weight is 408 g/mol. The second kappa shape index (κ2) is 8.80. The molecule has 0 radical (unpaired) electrons. The Kier molecular flexibility index (Phi) is 5.97. The SMILES string of the molecule is Cc1csc(C(c2cccc(Oc3ccccc3)c2)N2CCC(C(=O)O)CC2)c1. The van der Waals surface area contributed by atoms with Gasteiger partial charge in [-0.05, 0) is 79.7 Å². The Labute approximate surface area is 175 Å². The molecule has 0 spiro atoms. The number of benzene rings is 2. The Balaban J connectivity index is 1.62. The van der Waals surface area contributed by atoms with E-state index in [1.165, 1.54) is 16.0 Å². The Bertz CT molecular complexity index is 961. The van der Waals surface area contributed by atoms with Gasteiger partial charge in [0.2, 0.25) is 0 Å². The van der Waals surface area contributed by atoms with Crippen molar-refractivity contribution in [3.8, 4) is 11.5 Å². The number of carbonyl (C=O) groups is 1. The van der Waals surface area contributed by atoms with Crippen LogP contribution in [0.5, 0.6) is 11.5 Å². The third-order valence-electron chi connectivity index (χ3n) is 5.42. The lowest BCUT2D eigenvalue weighted by Gasteiger charge is -2.36. The van der Waals surface area contributed by atoms with E-state index in [1.807, 2.05) is 42.5 Å². The van der Waals surface area contributed by atoms with Crippen molar-refractivity contribution in [3.05, 3.63) is 82.0 Å². The Morgan fingerprint density at radius 3 is 2.45 bits per heavy atom. The van der Waals surface area contributed by atoms with E-state index in [-0.39, 0.29) is 12.0 Å². The Hall–Kier alpha value is -2.63. The van der Waals surface area contributed by atoms with Crippen molar-refractivity contribution in [1.29, 1.82) is 0 Å². The second-order valence-electron chi connectivity index (χ2n) is 7.57. The van der Waals surface area contributed by atoms with Crippen molar-refractivity contribution in [2.24, 2.45) is 5.92 Å². The smallest absolute Gasteiger partial charge is 0.306 e. The highest BCUT2D eigenvalue weighted by Crippen LogP contribution is 2.37. The van der Waals surface area contributed by atoms with E-state index in [4.69, 9.17) is 4.74 Å². The minimum absolute atomic E-state index is 0.114. The first kappa shape index (κ1) is 19.7. The molecule has 1 unspecified atom stereocenters. The number of thiophene rings is 1. The predicted octanol–water partition coefficient (Wildman–Crippen LogP) is 5.73. The third kappa shape index (κ3) is 4.69. The number of carboxylic acid groups (broad SMARTS) is 1. The molecule has 4 nitrogen and oxygen atoms in total. The predicted molar refractivity (Wildman–Crippen MR) is 116 cm³/mol. The monoisotopic (exact) mass is 407 g/mol. The van der Waals surface area contributed by atoms with Gasteiger partial charge in [0, 0.05) is 4.88 Å². The number of ether oxygens (including phenoxy) is 1. The maximum Gasteiger partial charge on any atom is 0.306 e. The summed E-state index contributed by atoms with van der Waals surface area (Å²) in [4.78, 5) is 15.1. The lowest BCUT2D eigenvalue weighted by atomic mass is 9.93. The number of nitrogens with zero attached hydrogens (tertiary/aromatic N) is 1. The first-order valence-electron chi connectivity index (χ1n) is 9.95. The van der Waals surface area contributed by atoms with E-state index in [2.05, 4.69) is 35.4 Å². The van der Waals surface area contributed by atoms with Gasteiger partial charge < -0.3 is 9.84 Å². The molecule has 0 amide bonds. The summed E-state index contributed by atoms with van der Waals surface area (Å²) < 4.78 is 6.05. The maximum atomic E-state index is 11.4. The molecule has 0 aliphatic carbocycles. The van der Waals surface area contributed by atoms with Crippen molar-refractivity contribution >= 4 is 17.3 Å². The lowest BCUT2D eigenvalue weighted by molar-refractivity contribution is -0.143. The first-order chi connectivity index (χ1) is 14.1. The van der Waals surface area contributed by atoms with Crippen molar-refractivity contribution in [2.45, 2.75) is 25.8 Å². The standard InChI is InChI=1S/C24H25NO3S/c1-17-14-22(29-16-17)23(25-12-10-18(11-13-25)24(26)27)19-6-5-9-21(15-19)28-20-7-3-2-4-8-20/h2-9,14-16,18,23H,10-13H2,1H3,(H,26,27). The zero-order chi connectivity index (χ0) is 20.2. The average Bonchev–Trinajstić information content (AvgIpc) is 3.15. The Morgan fingerprint density at radius 1 is 1.07 bits per heavy atom. The molecule has 4 rings (SSSR count). The van der Waals surface area contributed by atoms with Gasteiger partial charge in [0.15, 0.2) is 0 Å². The van der Waals surface area contributed by atoms with Crippen LogP contribution in [0, 0.1) is 12.8 Å². The maximum absolute atomic E-state index is 11.4. The van der Waals surface area contributed by atoms with Gasteiger partial charge in [-0.25, -0.2) is 0 Å². The number of rotatable bonds is 6. The number of hydrogen-bond donors (Lipinski definition) is 1. The van der Waals surface area contributed by atoms with Gasteiger partial charge in [-0.2, -0.15) is 0 Å². The van der Waals surface area contributed by atoms with Crippen LogP contribution in [0.15, 0.2) is 66.0 Å². The van der Waals surface area contributed by atoms with Gasteiger partial charge >= 0.3 is 5.97 Å². The summed E-state index contributed by atoms with van der Waals surface area (Å²) in [6, 6.07) is 20.4. The van der Waals surface area contributed by atoms with Crippen LogP contribution in [0.25, 0.3) is 0 Å². The molecule has 1 atom stereocenters. The summed E-state index contributed by atoms with van der Waals surface area (Å²) in [7, 11) is 0. The Morgan fingerprint density at radius 2 is 1.79 bits per heavy atom. The fraction of sp³-hybridized carbons (Fsp3) is 0.292. The van der Waals surface area contributed by atoms with Gasteiger partial charge in [0.1, 0.15) is 11.5 Å². The molecule has 1 N–H and O–H groups in total. The van der Waals surface area contributed by atoms with Crippen molar-refractivity contribution < 1.29 is 14.6 Å². The molecule has 0 bridgehead atoms. The van der Waals surface area contributed by atoms with Crippen molar-refractivity contribution in [2.75, 3.05) is 13.1 Å². The summed E-state index contributed by atoms with van der Waals surface area (Å²) in [5.74, 6) is 0.721. The molecule has 3 aromatic rings. The molecule has 1 aliphatic heterocycles. The number of aryl methyl sites for hydroxylation is 1. The lowest BCUT2D eigenvalue weighted by Crippen LogP contribution is -2.39. The van der Waals surface area contributed by atoms with Gasteiger partial charge in [-0.3, -0.25) is 9.69 Å². The van der Waals surface area contributed by atoms with Crippen LogP contribution in [0.4, 0.5) is 0 Å². The van der Waals surface area contributed by atoms with E-state index in [9.17, 15) is 9.90 Å². The molecule has 1 fully saturated rings. The highest BCUT2D eigenvalue weighted by molar-refractivity contribution is 7.10. The molecule has 29 heavy (non-hydrogen) atoms. The quantitative estimate of drug-likeness (QED) is 0.566. The van der Waals surface area contributed by atoms with E-state index >= 15 is 0 Å². The van der Waals surface area contributed by atoms with E-state index in [0.717, 1.165) is 24.6 Å². The molecule has 1 aromatic heterocycles. The second-order valence-corrected chi connectivity index (χ2v) is 8.51. The molecule has 1 aliphatic rings. The van der Waals surface area contributed by atoms with Gasteiger partial charge in [-0.1, -0.05) is 30.3 Å². The van der Waals surface area contributed by atoms with E-state index in [1.54, 1.807) is 11.3 Å². The summed E-state index contributed by atoms with van der Waals surface area (Å²) in [6.07, 6.45) is 1.38. The van der Waals surface area contributed by atoms with Crippen LogP contribution in [-0.4, -0.2) is 29.1 Å². The topological polar surface area (TPSA) is 49.8 Å². The van der Waals surface area contributed by atoms with Crippen LogP contribution in [0.1, 0.15) is 34.9 Å². The zero-order valence-corrected chi connectivity index (χ0v) is 17.3. The largest absolute Gasteiger partial charge is 0.481 e. The van der Waals surface area contributed by atoms with Crippen LogP contribution in [-0.2, 0) is 4.79 Å². The number of likely N-dealkylation sites (tertiary alicyclic amines) is 1. The normalized spacial score (nSPS) is 16.4. The summed E-state index contributed by atoms with van der Waals surface area (Å²) in [5, 5.41) is 11.5. The molecule has 5 heteroatoms. The van der Waals surface area contributed by atoms with Crippen LogP contribution >= 0.6 is 11.3 Å². The molecule has 150 valence electrons. The summed E-state index contributed by atoms with van der Waals surface area (Å²) in [5.41, 5.74) is 2.43. The van der Waals surface area contributed by atoms with Crippen molar-refractivity contribution in [1.82, 2.24) is 4.90 Å². The number of piperidine rings is 1. The first-order valence-corrected chi connectivity index (χ1v) is 10.8. The van der Waals surface area contributed by atoms with Crippen molar-refractivity contribution in [3.63, 3.8) is 0 Å². The molecule has 1 saturated heterocycles. The number of para-hydroxylation sites is 1. The summed E-state index contributed by atoms with van der Waals surface area (Å²) in [6.45, 7) is 3.67. The molecular weight excluding hydrogens is 382 g/mol. The van der Waals surface area contributed by atoms with E-state index in [0.29, 0.717) is 12.8 Å². The van der Waals surface area contributed by atoms with Crippen LogP contribution in [0.3, 0.4) is 0 Å². The van der Waals surface area contributed by atoms with Crippen LogP contribution < -0.4 is 4.74 Å². The van der Waals surface area contributed by atoms with E-state index < -0.39 is 5.97 Å².